The SMILES string of the molecule is O=C(CCc1cc(-c2ccc(C(F)(F)F)cn2)cnn1)[C@@H]1CCCN1S(=O)(=O)c1cc2ccccc2o1. The molecule has 0 aliphatic carbocycles. The summed E-state index contributed by atoms with van der Waals surface area (Å²) in [5, 5.41) is 8.34. The maximum absolute atomic E-state index is 13.3. The quantitative estimate of drug-likeness (QED) is 0.342. The molecule has 1 aromatic carbocycles. The van der Waals surface area contributed by atoms with Gasteiger partial charge >= 0.3 is 6.18 Å². The fourth-order valence-electron chi connectivity index (χ4n) is 4.37. The minimum absolute atomic E-state index is 0.0232. The van der Waals surface area contributed by atoms with Gasteiger partial charge in [0.1, 0.15) is 5.58 Å². The second kappa shape index (κ2) is 9.67. The number of ketones is 1. The number of aromatic nitrogens is 3. The zero-order chi connectivity index (χ0) is 26.2. The van der Waals surface area contributed by atoms with E-state index in [4.69, 9.17) is 4.42 Å². The van der Waals surface area contributed by atoms with Crippen LogP contribution in [0.5, 0.6) is 0 Å². The van der Waals surface area contributed by atoms with Crippen molar-refractivity contribution in [2.24, 2.45) is 0 Å². The Balaban J connectivity index is 1.28. The van der Waals surface area contributed by atoms with Gasteiger partial charge < -0.3 is 4.42 Å². The molecule has 3 aromatic heterocycles. The number of pyridine rings is 1. The van der Waals surface area contributed by atoms with Crippen LogP contribution in [0.1, 0.15) is 30.5 Å². The summed E-state index contributed by atoms with van der Waals surface area (Å²) in [4.78, 5) is 16.9. The first kappa shape index (κ1) is 25.0. The molecular weight excluding hydrogens is 509 g/mol. The van der Waals surface area contributed by atoms with Crippen LogP contribution in [-0.4, -0.2) is 46.3 Å². The van der Waals surface area contributed by atoms with E-state index >= 15 is 0 Å². The van der Waals surface area contributed by atoms with Gasteiger partial charge in [-0.05, 0) is 43.5 Å². The lowest BCUT2D eigenvalue weighted by molar-refractivity contribution is -0.137. The van der Waals surface area contributed by atoms with Crippen molar-refractivity contribution in [2.75, 3.05) is 6.54 Å². The number of aryl methyl sites for hydroxylation is 1. The number of sulfonamides is 1. The highest BCUT2D eigenvalue weighted by atomic mass is 32.2. The lowest BCUT2D eigenvalue weighted by Crippen LogP contribution is -2.40. The van der Waals surface area contributed by atoms with E-state index in [9.17, 15) is 26.4 Å². The maximum Gasteiger partial charge on any atom is 0.417 e. The van der Waals surface area contributed by atoms with Crippen molar-refractivity contribution >= 4 is 26.8 Å². The molecular formula is C25H21F3N4O4S. The predicted octanol–water partition coefficient (Wildman–Crippen LogP) is 4.66. The highest BCUT2D eigenvalue weighted by Crippen LogP contribution is 2.32. The molecule has 0 spiro atoms. The smallest absolute Gasteiger partial charge is 0.417 e. The third kappa shape index (κ3) is 5.12. The standard InChI is InChI=1S/C25H21F3N4O4S/c26-25(27,28)18-7-9-20(29-15-18)17-12-19(31-30-14-17)8-10-22(33)21-5-3-11-32(21)37(34,35)24-13-16-4-1-2-6-23(16)36-24/h1-2,4,6-7,9,12-15,21H,3,5,8,10-11H2/t21-/m0/s1. The van der Waals surface area contributed by atoms with Crippen LogP contribution in [0.2, 0.25) is 0 Å². The molecule has 5 rings (SSSR count). The average molecular weight is 531 g/mol. The van der Waals surface area contributed by atoms with Crippen LogP contribution < -0.4 is 0 Å². The lowest BCUT2D eigenvalue weighted by atomic mass is 10.0. The monoisotopic (exact) mass is 530 g/mol. The fraction of sp³-hybridized carbons (Fsp3) is 0.280. The molecule has 1 fully saturated rings. The van der Waals surface area contributed by atoms with Crippen LogP contribution in [0.3, 0.4) is 0 Å². The van der Waals surface area contributed by atoms with E-state index in [0.29, 0.717) is 35.1 Å². The van der Waals surface area contributed by atoms with Crippen molar-refractivity contribution in [3.8, 4) is 11.3 Å². The van der Waals surface area contributed by atoms with Gasteiger partial charge in [0.05, 0.1) is 29.2 Å². The van der Waals surface area contributed by atoms with Crippen LogP contribution >= 0.6 is 0 Å². The summed E-state index contributed by atoms with van der Waals surface area (Å²) in [5.41, 5.74) is 0.777. The molecule has 37 heavy (non-hydrogen) atoms. The minimum Gasteiger partial charge on any atom is -0.443 e. The second-order valence-electron chi connectivity index (χ2n) is 8.71. The van der Waals surface area contributed by atoms with E-state index in [-0.39, 0.29) is 36.0 Å². The van der Waals surface area contributed by atoms with Gasteiger partial charge in [0.2, 0.25) is 5.09 Å². The first-order valence-electron chi connectivity index (χ1n) is 11.5. The summed E-state index contributed by atoms with van der Waals surface area (Å²) >= 11 is 0. The van der Waals surface area contributed by atoms with E-state index < -0.39 is 27.8 Å². The van der Waals surface area contributed by atoms with Gasteiger partial charge in [-0.25, -0.2) is 8.42 Å². The van der Waals surface area contributed by atoms with Gasteiger partial charge in [0, 0.05) is 36.2 Å². The number of rotatable bonds is 7. The van der Waals surface area contributed by atoms with Crippen LogP contribution in [0.15, 0.2) is 70.4 Å². The zero-order valence-electron chi connectivity index (χ0n) is 19.4. The molecule has 8 nitrogen and oxygen atoms in total. The molecule has 0 N–H and O–H groups in total. The molecule has 0 radical (unpaired) electrons. The van der Waals surface area contributed by atoms with Crippen LogP contribution in [0, 0.1) is 0 Å². The highest BCUT2D eigenvalue weighted by molar-refractivity contribution is 7.89. The molecule has 1 aliphatic heterocycles. The summed E-state index contributed by atoms with van der Waals surface area (Å²) in [7, 11) is -4.01. The zero-order valence-corrected chi connectivity index (χ0v) is 20.2. The molecule has 12 heteroatoms. The third-order valence-corrected chi connectivity index (χ3v) is 8.02. The molecule has 192 valence electrons. The van der Waals surface area contributed by atoms with E-state index in [1.54, 1.807) is 30.3 Å². The van der Waals surface area contributed by atoms with Crippen molar-refractivity contribution in [3.63, 3.8) is 0 Å². The Morgan fingerprint density at radius 2 is 1.92 bits per heavy atom. The Morgan fingerprint density at radius 3 is 2.65 bits per heavy atom. The number of nitrogens with zero attached hydrogens (tertiary/aromatic N) is 4. The first-order valence-corrected chi connectivity index (χ1v) is 13.0. The van der Waals surface area contributed by atoms with Gasteiger partial charge in [0.15, 0.2) is 5.78 Å². The Kier molecular flexibility index (Phi) is 6.54. The number of hydrogen-bond donors (Lipinski definition) is 0. The van der Waals surface area contributed by atoms with Crippen molar-refractivity contribution in [1.82, 2.24) is 19.5 Å². The van der Waals surface area contributed by atoms with E-state index in [1.807, 2.05) is 0 Å². The van der Waals surface area contributed by atoms with E-state index in [2.05, 4.69) is 15.2 Å². The number of furan rings is 1. The van der Waals surface area contributed by atoms with Crippen molar-refractivity contribution in [2.45, 2.75) is 43.0 Å². The topological polar surface area (TPSA) is 106 Å². The molecule has 0 bridgehead atoms. The van der Waals surface area contributed by atoms with Gasteiger partial charge in [-0.1, -0.05) is 18.2 Å². The fourth-order valence-corrected chi connectivity index (χ4v) is 6.00. The molecule has 1 atom stereocenters. The predicted molar refractivity (Wildman–Crippen MR) is 127 cm³/mol. The summed E-state index contributed by atoms with van der Waals surface area (Å²) < 4.78 is 71.7. The van der Waals surface area contributed by atoms with Crippen molar-refractivity contribution in [1.29, 1.82) is 0 Å². The number of halogens is 3. The van der Waals surface area contributed by atoms with Crippen molar-refractivity contribution in [3.05, 3.63) is 72.2 Å². The van der Waals surface area contributed by atoms with Gasteiger partial charge in [-0.3, -0.25) is 9.78 Å². The summed E-state index contributed by atoms with van der Waals surface area (Å²) in [6.07, 6.45) is -1.20. The molecule has 1 aliphatic rings. The minimum atomic E-state index is -4.49. The largest absolute Gasteiger partial charge is 0.443 e. The maximum atomic E-state index is 13.3. The molecule has 0 unspecified atom stereocenters. The lowest BCUT2D eigenvalue weighted by Gasteiger charge is -2.21. The van der Waals surface area contributed by atoms with Gasteiger partial charge in [0.25, 0.3) is 10.0 Å². The molecule has 4 heterocycles. The van der Waals surface area contributed by atoms with Crippen molar-refractivity contribution < 1.29 is 30.8 Å². The number of fused-ring (bicyclic) bond motifs is 1. The van der Waals surface area contributed by atoms with Gasteiger partial charge in [-0.15, -0.1) is 0 Å². The number of hydrogen-bond acceptors (Lipinski definition) is 7. The molecule has 0 amide bonds. The summed E-state index contributed by atoms with van der Waals surface area (Å²) in [6, 6.07) is 11.4. The Bertz CT molecular complexity index is 1520. The Labute approximate surface area is 210 Å². The average Bonchev–Trinajstić information content (AvgIpc) is 3.55. The number of alkyl halides is 3. The van der Waals surface area contributed by atoms with E-state index in [1.165, 1.54) is 22.6 Å². The van der Waals surface area contributed by atoms with E-state index in [0.717, 1.165) is 12.3 Å². The molecule has 1 saturated heterocycles. The third-order valence-electron chi connectivity index (χ3n) is 6.26. The number of carbonyl (C=O) groups is 1. The normalized spacial score (nSPS) is 16.9. The molecule has 0 saturated carbocycles. The van der Waals surface area contributed by atoms with Crippen LogP contribution in [-0.2, 0) is 27.4 Å². The summed E-state index contributed by atoms with van der Waals surface area (Å²) in [6.45, 7) is 0.213. The highest BCUT2D eigenvalue weighted by Gasteiger charge is 2.40. The van der Waals surface area contributed by atoms with Gasteiger partial charge in [-0.2, -0.15) is 27.7 Å². The number of para-hydroxylation sites is 1. The van der Waals surface area contributed by atoms with Crippen LogP contribution in [0.25, 0.3) is 22.2 Å². The molecule has 4 aromatic rings. The summed E-state index contributed by atoms with van der Waals surface area (Å²) in [5.74, 6) is -0.253. The van der Waals surface area contributed by atoms with Crippen LogP contribution in [0.4, 0.5) is 13.2 Å². The first-order chi connectivity index (χ1) is 17.6. The number of carbonyl (C=O) groups excluding carboxylic acids is 1. The number of Topliss-reactive ketones (excluding diaryl/α,β-unsaturated/α-hetero) is 1. The second-order valence-corrected chi connectivity index (χ2v) is 10.5. The Morgan fingerprint density at radius 1 is 1.11 bits per heavy atom. The Hall–Kier alpha value is -3.64. The number of benzene rings is 1.